The van der Waals surface area contributed by atoms with Crippen LogP contribution in [0.15, 0.2) is 43.7 Å². The summed E-state index contributed by atoms with van der Waals surface area (Å²) in [5.41, 5.74) is 1.18. The number of H-pyrrole nitrogens is 2. The molecule has 0 amide bonds. The minimum atomic E-state index is -0.498. The summed E-state index contributed by atoms with van der Waals surface area (Å²) in [5.74, 6) is 1.01. The van der Waals surface area contributed by atoms with Crippen LogP contribution in [-0.4, -0.2) is 62.2 Å². The fourth-order valence-corrected chi connectivity index (χ4v) is 4.75. The average molecular weight is 467 g/mol. The molecule has 1 saturated carbocycles. The second kappa shape index (κ2) is 7.37. The summed E-state index contributed by atoms with van der Waals surface area (Å²) in [6.07, 6.45) is 5.40. The van der Waals surface area contributed by atoms with Crippen molar-refractivity contribution in [2.75, 3.05) is 11.9 Å². The van der Waals surface area contributed by atoms with Crippen molar-refractivity contribution in [1.29, 1.82) is 0 Å². The monoisotopic (exact) mass is 466 g/mol. The Hall–Kier alpha value is -3.80. The van der Waals surface area contributed by atoms with Gasteiger partial charge in [-0.25, -0.2) is 24.2 Å². The summed E-state index contributed by atoms with van der Waals surface area (Å²) in [7, 11) is 1.88. The molecule has 0 spiro atoms. The topological polar surface area (TPSA) is 125 Å². The summed E-state index contributed by atoms with van der Waals surface area (Å²) in [6.45, 7) is 0. The van der Waals surface area contributed by atoms with Gasteiger partial charge in [0, 0.05) is 12.6 Å². The molecule has 12 heteroatoms. The molecule has 1 fully saturated rings. The lowest BCUT2D eigenvalue weighted by Crippen LogP contribution is -2.43. The van der Waals surface area contributed by atoms with E-state index in [1.807, 2.05) is 11.9 Å². The van der Waals surface area contributed by atoms with Gasteiger partial charge in [0.15, 0.2) is 11.3 Å². The van der Waals surface area contributed by atoms with Gasteiger partial charge in [0.25, 0.3) is 0 Å². The smallest absolute Gasteiger partial charge is 0.326 e. The standard InChI is InChI=1S/C21H19FN8O2S/c1-29(21-26-13-5-2-11(22)7-15(13)33-21)16-8-17(24-12-3-4-12)30-18(27-16)10(9-23-30)6-14-19(31)28-20(32)25-14/h2,5-7,9,12,18,31H,3-4,8H2,1H3,(H2,25,28,32)/b10-6-,24-17?. The van der Waals surface area contributed by atoms with Crippen molar-refractivity contribution in [3.05, 3.63) is 45.8 Å². The average Bonchev–Trinajstić information content (AvgIpc) is 3.21. The number of aromatic amines is 2. The molecule has 1 atom stereocenters. The van der Waals surface area contributed by atoms with Gasteiger partial charge in [-0.05, 0) is 37.1 Å². The fraction of sp³-hybridized carbons (Fsp3) is 0.286. The number of anilines is 1. The zero-order chi connectivity index (χ0) is 22.7. The van der Waals surface area contributed by atoms with Crippen molar-refractivity contribution < 1.29 is 9.50 Å². The maximum Gasteiger partial charge on any atom is 0.326 e. The summed E-state index contributed by atoms with van der Waals surface area (Å²) in [5, 5.41) is 16.9. The molecule has 168 valence electrons. The van der Waals surface area contributed by atoms with E-state index in [0.717, 1.165) is 34.7 Å². The van der Waals surface area contributed by atoms with Crippen LogP contribution in [0.5, 0.6) is 5.88 Å². The third-order valence-corrected chi connectivity index (χ3v) is 6.75. The fourth-order valence-electron chi connectivity index (χ4n) is 3.78. The Morgan fingerprint density at radius 1 is 1.36 bits per heavy atom. The van der Waals surface area contributed by atoms with Gasteiger partial charge in [0.05, 0.1) is 28.9 Å². The first-order valence-electron chi connectivity index (χ1n) is 10.4. The van der Waals surface area contributed by atoms with Crippen LogP contribution in [0.4, 0.5) is 9.52 Å². The predicted octanol–water partition coefficient (Wildman–Crippen LogP) is 2.67. The van der Waals surface area contributed by atoms with Crippen LogP contribution in [-0.2, 0) is 0 Å². The van der Waals surface area contributed by atoms with Gasteiger partial charge >= 0.3 is 5.69 Å². The first-order chi connectivity index (χ1) is 15.9. The van der Waals surface area contributed by atoms with Crippen molar-refractivity contribution in [2.45, 2.75) is 31.5 Å². The largest absolute Gasteiger partial charge is 0.493 e. The number of aliphatic imine (C=N–C) groups is 2. The van der Waals surface area contributed by atoms with Crippen LogP contribution in [0.3, 0.4) is 0 Å². The molecule has 3 aliphatic rings. The third-order valence-electron chi connectivity index (χ3n) is 5.65. The van der Waals surface area contributed by atoms with E-state index in [9.17, 15) is 14.3 Å². The van der Waals surface area contributed by atoms with Gasteiger partial charge in [0.1, 0.15) is 23.2 Å². The van der Waals surface area contributed by atoms with Gasteiger partial charge in [-0.3, -0.25) is 9.98 Å². The lowest BCUT2D eigenvalue weighted by molar-refractivity contribution is 0.387. The number of hydrogen-bond donors (Lipinski definition) is 3. The summed E-state index contributed by atoms with van der Waals surface area (Å²) >= 11 is 1.39. The van der Waals surface area contributed by atoms with Crippen LogP contribution < -0.4 is 10.6 Å². The maximum absolute atomic E-state index is 13.6. The molecule has 2 aromatic heterocycles. The molecule has 0 radical (unpaired) electrons. The van der Waals surface area contributed by atoms with Gasteiger partial charge < -0.3 is 15.0 Å². The van der Waals surface area contributed by atoms with E-state index < -0.39 is 11.9 Å². The number of halogens is 1. The molecule has 6 rings (SSSR count). The molecule has 1 unspecified atom stereocenters. The lowest BCUT2D eigenvalue weighted by Gasteiger charge is -2.31. The number of amidine groups is 2. The number of nitrogens with one attached hydrogen (secondary N) is 2. The predicted molar refractivity (Wildman–Crippen MR) is 126 cm³/mol. The number of fused-ring (bicyclic) bond motifs is 2. The number of rotatable bonds is 3. The zero-order valence-electron chi connectivity index (χ0n) is 17.5. The van der Waals surface area contributed by atoms with E-state index in [4.69, 9.17) is 9.98 Å². The maximum atomic E-state index is 13.6. The number of nitrogens with zero attached hydrogens (tertiary/aromatic N) is 6. The molecule has 1 aromatic carbocycles. The van der Waals surface area contributed by atoms with Crippen LogP contribution in [0.1, 0.15) is 25.0 Å². The second-order valence-corrected chi connectivity index (χ2v) is 9.12. The number of aromatic hydroxyl groups is 1. The lowest BCUT2D eigenvalue weighted by atomic mass is 10.1. The number of benzene rings is 1. The van der Waals surface area contributed by atoms with Gasteiger partial charge in [-0.2, -0.15) is 5.10 Å². The summed E-state index contributed by atoms with van der Waals surface area (Å²) < 4.78 is 14.4. The molecule has 0 bridgehead atoms. The molecule has 33 heavy (non-hydrogen) atoms. The first-order valence-corrected chi connectivity index (χ1v) is 11.3. The highest BCUT2D eigenvalue weighted by molar-refractivity contribution is 7.22. The van der Waals surface area contributed by atoms with Crippen LogP contribution in [0, 0.1) is 5.82 Å². The Balaban J connectivity index is 1.39. The molecular formula is C21H19FN8O2S. The minimum Gasteiger partial charge on any atom is -0.493 e. The Morgan fingerprint density at radius 3 is 2.97 bits per heavy atom. The highest BCUT2D eigenvalue weighted by Crippen LogP contribution is 2.33. The van der Waals surface area contributed by atoms with E-state index in [-0.39, 0.29) is 17.4 Å². The van der Waals surface area contributed by atoms with Crippen molar-refractivity contribution in [3.8, 4) is 5.88 Å². The zero-order valence-corrected chi connectivity index (χ0v) is 18.3. The molecule has 3 aromatic rings. The van der Waals surface area contributed by atoms with Gasteiger partial charge in [-0.15, -0.1) is 0 Å². The number of aromatic nitrogens is 3. The Labute approximate surface area is 190 Å². The van der Waals surface area contributed by atoms with E-state index in [1.54, 1.807) is 23.4 Å². The number of imidazole rings is 1. The Morgan fingerprint density at radius 2 is 2.21 bits per heavy atom. The van der Waals surface area contributed by atoms with Crippen molar-refractivity contribution >= 4 is 50.6 Å². The third kappa shape index (κ3) is 3.61. The van der Waals surface area contributed by atoms with E-state index in [2.05, 4.69) is 20.1 Å². The second-order valence-electron chi connectivity index (χ2n) is 8.11. The van der Waals surface area contributed by atoms with Crippen LogP contribution in [0.2, 0.25) is 0 Å². The molecular weight excluding hydrogens is 447 g/mol. The quantitative estimate of drug-likeness (QED) is 0.547. The molecule has 10 nitrogen and oxygen atoms in total. The Kier molecular flexibility index (Phi) is 4.43. The number of hydrogen-bond acceptors (Lipinski definition) is 8. The molecule has 4 heterocycles. The van der Waals surface area contributed by atoms with Crippen LogP contribution >= 0.6 is 11.3 Å². The summed E-state index contributed by atoms with van der Waals surface area (Å²) in [6, 6.07) is 4.84. The number of hydrazone groups is 1. The van der Waals surface area contributed by atoms with Crippen LogP contribution in [0.25, 0.3) is 16.3 Å². The Bertz CT molecular complexity index is 1440. The SMILES string of the molecule is CN(C1=NC2/C(=C\c3[nH]c(=O)[nH]c3O)C=NN2C(=NC2CC2)C1)c1nc2ccc(F)cc2s1. The van der Waals surface area contributed by atoms with Crippen molar-refractivity contribution in [2.24, 2.45) is 15.1 Å². The van der Waals surface area contributed by atoms with E-state index in [1.165, 1.54) is 23.5 Å². The first kappa shape index (κ1) is 19.9. The molecule has 3 N–H and O–H groups in total. The molecule has 0 saturated heterocycles. The highest BCUT2D eigenvalue weighted by Gasteiger charge is 2.37. The summed E-state index contributed by atoms with van der Waals surface area (Å²) in [4.78, 5) is 32.7. The van der Waals surface area contributed by atoms with E-state index >= 15 is 0 Å². The van der Waals surface area contributed by atoms with Crippen molar-refractivity contribution in [3.63, 3.8) is 0 Å². The highest BCUT2D eigenvalue weighted by atomic mass is 32.1. The normalized spacial score (nSPS) is 22.4. The molecule has 2 aliphatic heterocycles. The van der Waals surface area contributed by atoms with Crippen molar-refractivity contribution in [1.82, 2.24) is 20.0 Å². The minimum absolute atomic E-state index is 0.245. The van der Waals surface area contributed by atoms with Gasteiger partial charge in [-0.1, -0.05) is 11.3 Å². The molecule has 1 aliphatic carbocycles. The van der Waals surface area contributed by atoms with Gasteiger partial charge in [0.2, 0.25) is 5.88 Å². The number of thiazole rings is 1. The van der Waals surface area contributed by atoms with E-state index in [0.29, 0.717) is 23.2 Å².